The third-order valence-corrected chi connectivity index (χ3v) is 5.13. The van der Waals surface area contributed by atoms with Crippen LogP contribution >= 0.6 is 11.8 Å². The minimum atomic E-state index is -3.63. The highest BCUT2D eigenvalue weighted by Crippen LogP contribution is 2.25. The zero-order valence-corrected chi connectivity index (χ0v) is 11.7. The summed E-state index contributed by atoms with van der Waals surface area (Å²) in [7, 11) is -3.63. The van der Waals surface area contributed by atoms with Gasteiger partial charge in [-0.05, 0) is 36.7 Å². The maximum atomic E-state index is 12.2. The lowest BCUT2D eigenvalue weighted by molar-refractivity contribution is 0.528. The highest BCUT2D eigenvalue weighted by molar-refractivity contribution is 8.04. The Hall–Kier alpha value is -1.36. The normalized spacial score (nSPS) is 22.9. The van der Waals surface area contributed by atoms with Gasteiger partial charge in [0.05, 0.1) is 0 Å². The van der Waals surface area contributed by atoms with Crippen molar-refractivity contribution >= 4 is 21.8 Å². The smallest absolute Gasteiger partial charge is 0.243 e. The summed E-state index contributed by atoms with van der Waals surface area (Å²) in [6.07, 6.45) is 6.62. The van der Waals surface area contributed by atoms with Crippen molar-refractivity contribution in [1.82, 2.24) is 9.71 Å². The summed E-state index contributed by atoms with van der Waals surface area (Å²) in [6, 6.07) is 4.47. The molecule has 0 aromatic carbocycles. The Morgan fingerprint density at radius 1 is 1.37 bits per heavy atom. The molecule has 0 saturated carbocycles. The van der Waals surface area contributed by atoms with Crippen LogP contribution < -0.4 is 4.72 Å². The minimum absolute atomic E-state index is 0.00487. The molecule has 0 aliphatic heterocycles. The van der Waals surface area contributed by atoms with Crippen LogP contribution in [0.3, 0.4) is 0 Å². The Kier molecular flexibility index (Phi) is 4.58. The molecule has 1 heterocycles. The largest absolute Gasteiger partial charge is 0.258 e. The summed E-state index contributed by atoms with van der Waals surface area (Å²) in [5.41, 5.74) is 0. The van der Waals surface area contributed by atoms with Crippen LogP contribution in [-0.2, 0) is 10.0 Å². The molecule has 1 aromatic heterocycles. The Labute approximate surface area is 116 Å². The van der Waals surface area contributed by atoms with Gasteiger partial charge in [-0.3, -0.25) is 0 Å². The molecule has 0 fully saturated rings. The number of hydrogen-bond donors (Lipinski definition) is 1. The van der Waals surface area contributed by atoms with E-state index in [0.717, 1.165) is 11.8 Å². The van der Waals surface area contributed by atoms with Gasteiger partial charge < -0.3 is 0 Å². The number of pyridine rings is 1. The van der Waals surface area contributed by atoms with Gasteiger partial charge in [-0.2, -0.15) is 5.26 Å². The number of thioether (sulfide) groups is 1. The molecule has 2 rings (SSSR count). The fourth-order valence-electron chi connectivity index (χ4n) is 1.88. The van der Waals surface area contributed by atoms with Crippen molar-refractivity contribution in [2.75, 3.05) is 0 Å². The van der Waals surface area contributed by atoms with Gasteiger partial charge in [0.1, 0.15) is 5.40 Å². The summed E-state index contributed by atoms with van der Waals surface area (Å²) >= 11 is 1.10. The number of aromatic nitrogens is 1. The number of allylic oxidation sites excluding steroid dienone is 1. The van der Waals surface area contributed by atoms with E-state index in [1.807, 2.05) is 17.6 Å². The number of rotatable bonds is 4. The van der Waals surface area contributed by atoms with Gasteiger partial charge in [0.2, 0.25) is 0 Å². The zero-order chi connectivity index (χ0) is 13.7. The van der Waals surface area contributed by atoms with E-state index in [1.54, 1.807) is 12.1 Å². The maximum Gasteiger partial charge on any atom is 0.258 e. The summed E-state index contributed by atoms with van der Waals surface area (Å²) in [5.74, 6) is 0. The third kappa shape index (κ3) is 3.56. The van der Waals surface area contributed by atoms with Crippen LogP contribution in [-0.4, -0.2) is 24.7 Å². The van der Waals surface area contributed by atoms with Crippen LogP contribution in [0.25, 0.3) is 0 Å². The van der Waals surface area contributed by atoms with Gasteiger partial charge in [0.15, 0.2) is 5.03 Å². The molecule has 1 aromatic rings. The fourth-order valence-corrected chi connectivity index (χ4v) is 3.89. The van der Waals surface area contributed by atoms with Gasteiger partial charge in [-0.15, -0.1) is 0 Å². The second-order valence-corrected chi connectivity index (χ2v) is 6.77. The lowest BCUT2D eigenvalue weighted by Gasteiger charge is -2.26. The van der Waals surface area contributed by atoms with Crippen molar-refractivity contribution in [2.24, 2.45) is 0 Å². The number of nitrogens with one attached hydrogen (secondary N) is 1. The molecule has 5 nitrogen and oxygen atoms in total. The molecule has 0 radical (unpaired) electrons. The number of sulfonamides is 1. The van der Waals surface area contributed by atoms with Gasteiger partial charge in [-0.25, -0.2) is 18.1 Å². The zero-order valence-electron chi connectivity index (χ0n) is 10.1. The molecular formula is C12H13N3O2S2. The Morgan fingerprint density at radius 2 is 2.16 bits per heavy atom. The summed E-state index contributed by atoms with van der Waals surface area (Å²) < 4.78 is 27.0. The van der Waals surface area contributed by atoms with Gasteiger partial charge in [-0.1, -0.05) is 18.2 Å². The number of nitriles is 1. The molecule has 1 aliphatic carbocycles. The Balaban J connectivity index is 2.16. The summed E-state index contributed by atoms with van der Waals surface area (Å²) in [4.78, 5) is 3.85. The maximum absolute atomic E-state index is 12.2. The fraction of sp³-hybridized carbons (Fsp3) is 0.333. The van der Waals surface area contributed by atoms with E-state index in [9.17, 15) is 8.42 Å². The quantitative estimate of drug-likeness (QED) is 0.674. The second-order valence-electron chi connectivity index (χ2n) is 4.09. The standard InChI is InChI=1S/C12H13N3O2S2/c13-9-18-11-6-2-1-5-10(11)15-19(16,17)12-7-3-4-8-14-12/h1-4,7-8,10-11,15H,5-6H2/t10-,11-/m0/s1. The van der Waals surface area contributed by atoms with E-state index in [4.69, 9.17) is 5.26 Å². The van der Waals surface area contributed by atoms with Crippen molar-refractivity contribution in [3.05, 3.63) is 36.5 Å². The van der Waals surface area contributed by atoms with Crippen LogP contribution in [0.5, 0.6) is 0 Å². The van der Waals surface area contributed by atoms with E-state index < -0.39 is 10.0 Å². The minimum Gasteiger partial charge on any atom is -0.243 e. The van der Waals surface area contributed by atoms with E-state index >= 15 is 0 Å². The highest BCUT2D eigenvalue weighted by Gasteiger charge is 2.28. The highest BCUT2D eigenvalue weighted by atomic mass is 32.2. The topological polar surface area (TPSA) is 82.9 Å². The van der Waals surface area contributed by atoms with Crippen LogP contribution in [0.2, 0.25) is 0 Å². The Morgan fingerprint density at radius 3 is 2.84 bits per heavy atom. The van der Waals surface area contributed by atoms with Gasteiger partial charge in [0, 0.05) is 17.5 Å². The number of nitrogens with zero attached hydrogens (tertiary/aromatic N) is 2. The van der Waals surface area contributed by atoms with E-state index in [1.165, 1.54) is 12.3 Å². The SMILES string of the molecule is N#CS[C@H]1CC=CC[C@@H]1NS(=O)(=O)c1ccccn1. The van der Waals surface area contributed by atoms with Crippen LogP contribution in [0, 0.1) is 10.7 Å². The summed E-state index contributed by atoms with van der Waals surface area (Å²) in [5, 5.41) is 10.7. The summed E-state index contributed by atoms with van der Waals surface area (Å²) in [6.45, 7) is 0. The van der Waals surface area contributed by atoms with Crippen molar-refractivity contribution in [3.8, 4) is 5.40 Å². The van der Waals surface area contributed by atoms with Gasteiger partial charge >= 0.3 is 0 Å². The molecule has 0 saturated heterocycles. The second kappa shape index (κ2) is 6.19. The van der Waals surface area contributed by atoms with Crippen LogP contribution in [0.15, 0.2) is 41.6 Å². The molecule has 0 unspecified atom stereocenters. The van der Waals surface area contributed by atoms with E-state index in [-0.39, 0.29) is 16.3 Å². The van der Waals surface area contributed by atoms with Crippen LogP contribution in [0.1, 0.15) is 12.8 Å². The average molecular weight is 295 g/mol. The molecule has 0 amide bonds. The molecular weight excluding hydrogens is 282 g/mol. The van der Waals surface area contributed by atoms with E-state index in [2.05, 4.69) is 9.71 Å². The van der Waals surface area contributed by atoms with Crippen molar-refractivity contribution in [1.29, 1.82) is 5.26 Å². The predicted octanol–water partition coefficient (Wildman–Crippen LogP) is 1.66. The van der Waals surface area contributed by atoms with Crippen molar-refractivity contribution in [3.63, 3.8) is 0 Å². The van der Waals surface area contributed by atoms with Gasteiger partial charge in [0.25, 0.3) is 10.0 Å². The molecule has 1 aliphatic rings. The molecule has 1 N–H and O–H groups in total. The number of hydrogen-bond acceptors (Lipinski definition) is 5. The van der Waals surface area contributed by atoms with Crippen molar-refractivity contribution in [2.45, 2.75) is 29.2 Å². The lowest BCUT2D eigenvalue weighted by atomic mass is 10.0. The third-order valence-electron chi connectivity index (χ3n) is 2.80. The first-order chi connectivity index (χ1) is 9.13. The average Bonchev–Trinajstić information content (AvgIpc) is 2.42. The molecule has 100 valence electrons. The van der Waals surface area contributed by atoms with Crippen molar-refractivity contribution < 1.29 is 8.42 Å². The Bertz CT molecular complexity index is 593. The first kappa shape index (κ1) is 14.1. The number of thiocyanates is 1. The molecule has 0 spiro atoms. The first-order valence-electron chi connectivity index (χ1n) is 5.76. The predicted molar refractivity (Wildman–Crippen MR) is 73.7 cm³/mol. The molecule has 19 heavy (non-hydrogen) atoms. The molecule has 0 bridgehead atoms. The van der Waals surface area contributed by atoms with Crippen LogP contribution in [0.4, 0.5) is 0 Å². The lowest BCUT2D eigenvalue weighted by Crippen LogP contribution is -2.42. The molecule has 2 atom stereocenters. The van der Waals surface area contributed by atoms with E-state index in [0.29, 0.717) is 12.8 Å². The molecule has 7 heteroatoms. The monoisotopic (exact) mass is 295 g/mol. The first-order valence-corrected chi connectivity index (χ1v) is 8.13.